The number of quaternary nitrogens is 1. The van der Waals surface area contributed by atoms with Gasteiger partial charge in [0.25, 0.3) is 5.91 Å². The maximum Gasteiger partial charge on any atom is 0.280 e. The van der Waals surface area contributed by atoms with E-state index in [2.05, 4.69) is 33.0 Å². The van der Waals surface area contributed by atoms with Crippen LogP contribution in [0.1, 0.15) is 46.2 Å². The van der Waals surface area contributed by atoms with E-state index < -0.39 is 0 Å². The highest BCUT2D eigenvalue weighted by Crippen LogP contribution is 2.26. The molecule has 140 valence electrons. The minimum atomic E-state index is -0.0763. The molecule has 2 heterocycles. The van der Waals surface area contributed by atoms with Gasteiger partial charge in [0.2, 0.25) is 0 Å². The van der Waals surface area contributed by atoms with E-state index >= 15 is 0 Å². The summed E-state index contributed by atoms with van der Waals surface area (Å²) in [5, 5.41) is 7.86. The van der Waals surface area contributed by atoms with Gasteiger partial charge < -0.3 is 10.2 Å². The van der Waals surface area contributed by atoms with Gasteiger partial charge in [-0.1, -0.05) is 45.9 Å². The number of benzene rings is 1. The second-order valence-corrected chi connectivity index (χ2v) is 8.59. The molecule has 1 aromatic carbocycles. The molecule has 5 nitrogen and oxygen atoms in total. The number of hydrogen-bond acceptors (Lipinski definition) is 2. The van der Waals surface area contributed by atoms with Gasteiger partial charge in [0.1, 0.15) is 5.82 Å². The number of hydrogen-bond donors (Lipinski definition) is 2. The second-order valence-electron chi connectivity index (χ2n) is 8.59. The third kappa shape index (κ3) is 4.52. The van der Waals surface area contributed by atoms with Gasteiger partial charge >= 0.3 is 0 Å². The van der Waals surface area contributed by atoms with Crippen molar-refractivity contribution in [1.82, 2.24) is 9.78 Å². The topological polar surface area (TPSA) is 51.4 Å². The van der Waals surface area contributed by atoms with Gasteiger partial charge in [-0.05, 0) is 25.0 Å². The Bertz CT molecular complexity index is 745. The third-order valence-electron chi connectivity index (χ3n) is 5.02. The number of carbonyl (C=O) groups is 1. The lowest BCUT2D eigenvalue weighted by Gasteiger charge is -2.27. The first-order valence-electron chi connectivity index (χ1n) is 9.62. The monoisotopic (exact) mass is 355 g/mol. The van der Waals surface area contributed by atoms with Gasteiger partial charge in [0, 0.05) is 17.4 Å². The molecule has 0 saturated carbocycles. The van der Waals surface area contributed by atoms with Gasteiger partial charge in [0.05, 0.1) is 24.5 Å². The summed E-state index contributed by atoms with van der Waals surface area (Å²) in [6.07, 6.45) is 2.49. The fourth-order valence-corrected chi connectivity index (χ4v) is 3.57. The Morgan fingerprint density at radius 2 is 2.04 bits per heavy atom. The van der Waals surface area contributed by atoms with E-state index in [-0.39, 0.29) is 11.3 Å². The molecule has 2 aromatic rings. The number of piperidine rings is 1. The number of amides is 1. The molecule has 1 unspecified atom stereocenters. The van der Waals surface area contributed by atoms with Crippen LogP contribution in [0.2, 0.25) is 0 Å². The molecule has 3 rings (SSSR count). The molecule has 26 heavy (non-hydrogen) atoms. The molecule has 0 aliphatic carbocycles. The van der Waals surface area contributed by atoms with Crippen molar-refractivity contribution >= 4 is 11.7 Å². The maximum absolute atomic E-state index is 12.7. The highest BCUT2D eigenvalue weighted by molar-refractivity contribution is 5.91. The Morgan fingerprint density at radius 3 is 2.69 bits per heavy atom. The summed E-state index contributed by atoms with van der Waals surface area (Å²) < 4.78 is 1.84. The molecule has 1 amide bonds. The average molecular weight is 356 g/mol. The number of nitrogens with zero attached hydrogens (tertiary/aromatic N) is 2. The van der Waals surface area contributed by atoms with E-state index in [9.17, 15) is 4.79 Å². The molecular formula is C21H31N4O+. The van der Waals surface area contributed by atoms with Gasteiger partial charge in [0.15, 0.2) is 6.54 Å². The minimum Gasteiger partial charge on any atom is -0.327 e. The molecule has 1 fully saturated rings. The molecule has 2 N–H and O–H groups in total. The number of anilines is 1. The molecular weight excluding hydrogens is 324 g/mol. The van der Waals surface area contributed by atoms with E-state index in [0.29, 0.717) is 12.5 Å². The molecule has 2 atom stereocenters. The van der Waals surface area contributed by atoms with Gasteiger partial charge in [-0.25, -0.2) is 4.68 Å². The number of likely N-dealkylation sites (tertiary alicyclic amines) is 1. The van der Waals surface area contributed by atoms with Gasteiger partial charge in [-0.2, -0.15) is 5.10 Å². The second kappa shape index (κ2) is 7.62. The molecule has 0 spiro atoms. The number of para-hydroxylation sites is 1. The lowest BCUT2D eigenvalue weighted by molar-refractivity contribution is -0.900. The summed E-state index contributed by atoms with van der Waals surface area (Å²) in [7, 11) is 0. The molecule has 0 bridgehead atoms. The summed E-state index contributed by atoms with van der Waals surface area (Å²) in [4.78, 5) is 14.0. The van der Waals surface area contributed by atoms with Crippen molar-refractivity contribution < 1.29 is 9.69 Å². The summed E-state index contributed by atoms with van der Waals surface area (Å²) in [5.74, 6) is 1.51. The summed E-state index contributed by atoms with van der Waals surface area (Å²) in [6, 6.07) is 12.0. The standard InChI is InChI=1S/C21H30N4O/c1-16-9-8-12-24(14-16)15-20(26)22-19-13-18(21(2,3)4)23-25(19)17-10-6-5-7-11-17/h5-7,10-11,13,16H,8-9,12,14-15H2,1-4H3,(H,22,26)/p+1/t16-/m1/s1. The van der Waals surface area contributed by atoms with E-state index in [4.69, 9.17) is 5.10 Å². The summed E-state index contributed by atoms with van der Waals surface area (Å²) in [5.41, 5.74) is 1.85. The fourth-order valence-electron chi connectivity index (χ4n) is 3.57. The molecule has 1 saturated heterocycles. The van der Waals surface area contributed by atoms with E-state index in [1.165, 1.54) is 17.7 Å². The predicted molar refractivity (Wildman–Crippen MR) is 105 cm³/mol. The Hall–Kier alpha value is -2.14. The molecule has 5 heteroatoms. The Balaban J connectivity index is 1.79. The van der Waals surface area contributed by atoms with Crippen molar-refractivity contribution in [3.8, 4) is 5.69 Å². The molecule has 1 aliphatic heterocycles. The van der Waals surface area contributed by atoms with Crippen LogP contribution in [0.5, 0.6) is 0 Å². The van der Waals surface area contributed by atoms with Crippen LogP contribution in [0.15, 0.2) is 36.4 Å². The van der Waals surface area contributed by atoms with Crippen LogP contribution in [0.25, 0.3) is 5.69 Å². The van der Waals surface area contributed by atoms with Crippen LogP contribution in [0.4, 0.5) is 5.82 Å². The number of nitrogens with one attached hydrogen (secondary N) is 2. The predicted octanol–water partition coefficient (Wildman–Crippen LogP) is 2.42. The first-order valence-corrected chi connectivity index (χ1v) is 9.62. The van der Waals surface area contributed by atoms with Crippen molar-refractivity contribution in [2.24, 2.45) is 5.92 Å². The van der Waals surface area contributed by atoms with Crippen molar-refractivity contribution in [2.45, 2.75) is 46.0 Å². The highest BCUT2D eigenvalue weighted by atomic mass is 16.2. The molecule has 0 radical (unpaired) electrons. The zero-order chi connectivity index (χ0) is 18.7. The van der Waals surface area contributed by atoms with Crippen LogP contribution in [-0.4, -0.2) is 35.3 Å². The third-order valence-corrected chi connectivity index (χ3v) is 5.02. The first-order chi connectivity index (χ1) is 12.3. The Labute approximate surface area is 156 Å². The summed E-state index contributed by atoms with van der Waals surface area (Å²) >= 11 is 0. The van der Waals surface area contributed by atoms with E-state index in [1.807, 2.05) is 41.1 Å². The lowest BCUT2D eigenvalue weighted by atomic mass is 9.92. The summed E-state index contributed by atoms with van der Waals surface area (Å²) in [6.45, 7) is 11.4. The van der Waals surface area contributed by atoms with Crippen LogP contribution in [0.3, 0.4) is 0 Å². The number of carbonyl (C=O) groups excluding carboxylic acids is 1. The lowest BCUT2D eigenvalue weighted by Crippen LogP contribution is -3.14. The van der Waals surface area contributed by atoms with E-state index in [0.717, 1.165) is 30.3 Å². The zero-order valence-electron chi connectivity index (χ0n) is 16.4. The van der Waals surface area contributed by atoms with Crippen LogP contribution >= 0.6 is 0 Å². The largest absolute Gasteiger partial charge is 0.327 e. The first kappa shape index (κ1) is 18.6. The SMILES string of the molecule is C[C@@H]1CCC[NH+](CC(=O)Nc2cc(C(C)(C)C)nn2-c2ccccc2)C1. The van der Waals surface area contributed by atoms with Gasteiger partial charge in [-0.3, -0.25) is 4.79 Å². The van der Waals surface area contributed by atoms with Crippen LogP contribution in [-0.2, 0) is 10.2 Å². The fraction of sp³-hybridized carbons (Fsp3) is 0.524. The molecule has 1 aromatic heterocycles. The maximum atomic E-state index is 12.7. The van der Waals surface area contributed by atoms with Crippen molar-refractivity contribution in [1.29, 1.82) is 0 Å². The Morgan fingerprint density at radius 1 is 1.31 bits per heavy atom. The normalized spacial score (nSPS) is 20.8. The average Bonchev–Trinajstić information content (AvgIpc) is 2.99. The number of rotatable bonds is 4. The zero-order valence-corrected chi connectivity index (χ0v) is 16.4. The van der Waals surface area contributed by atoms with Crippen molar-refractivity contribution in [2.75, 3.05) is 25.0 Å². The van der Waals surface area contributed by atoms with Crippen molar-refractivity contribution in [3.05, 3.63) is 42.1 Å². The minimum absolute atomic E-state index is 0.0617. The van der Waals surface area contributed by atoms with Gasteiger partial charge in [-0.15, -0.1) is 0 Å². The quantitative estimate of drug-likeness (QED) is 0.885. The Kier molecular flexibility index (Phi) is 5.47. The van der Waals surface area contributed by atoms with E-state index in [1.54, 1.807) is 0 Å². The smallest absolute Gasteiger partial charge is 0.280 e. The van der Waals surface area contributed by atoms with Crippen LogP contribution < -0.4 is 10.2 Å². The van der Waals surface area contributed by atoms with Crippen molar-refractivity contribution in [3.63, 3.8) is 0 Å². The molecule has 1 aliphatic rings. The number of aromatic nitrogens is 2. The highest BCUT2D eigenvalue weighted by Gasteiger charge is 2.24. The van der Waals surface area contributed by atoms with Crippen LogP contribution in [0, 0.1) is 5.92 Å².